The molecule has 0 spiro atoms. The minimum absolute atomic E-state index is 0.137. The third kappa shape index (κ3) is 4.01. The number of nitriles is 1. The van der Waals surface area contributed by atoms with Crippen LogP contribution < -0.4 is 10.1 Å². The molecule has 0 heterocycles. The van der Waals surface area contributed by atoms with E-state index in [2.05, 4.69) is 18.3 Å². The first-order valence-electron chi connectivity index (χ1n) is 5.13. The van der Waals surface area contributed by atoms with Crippen LogP contribution in [0.5, 0.6) is 5.75 Å². The minimum Gasteiger partial charge on any atom is -0.489 e. The lowest BCUT2D eigenvalue weighted by Crippen LogP contribution is -2.28. The molecule has 0 amide bonds. The van der Waals surface area contributed by atoms with E-state index in [9.17, 15) is 0 Å². The largest absolute Gasteiger partial charge is 0.489 e. The van der Waals surface area contributed by atoms with Gasteiger partial charge in [0, 0.05) is 6.54 Å². The highest BCUT2D eigenvalue weighted by Gasteiger charge is 2.02. The van der Waals surface area contributed by atoms with E-state index in [1.54, 1.807) is 12.1 Å². The van der Waals surface area contributed by atoms with Gasteiger partial charge in [0.15, 0.2) is 0 Å². The highest BCUT2D eigenvalue weighted by atomic mass is 16.5. The second kappa shape index (κ2) is 6.05. The summed E-state index contributed by atoms with van der Waals surface area (Å²) < 4.78 is 5.64. The summed E-state index contributed by atoms with van der Waals surface area (Å²) in [7, 11) is 0. The summed E-state index contributed by atoms with van der Waals surface area (Å²) in [6.45, 7) is 5.85. The van der Waals surface area contributed by atoms with E-state index in [4.69, 9.17) is 10.00 Å². The first-order valence-corrected chi connectivity index (χ1v) is 5.13. The molecule has 1 atom stereocenters. The van der Waals surface area contributed by atoms with E-state index in [1.807, 2.05) is 19.1 Å². The normalized spacial score (nSPS) is 11.8. The molecule has 0 aliphatic rings. The van der Waals surface area contributed by atoms with E-state index in [1.165, 1.54) is 0 Å². The van der Waals surface area contributed by atoms with Crippen molar-refractivity contribution in [1.82, 2.24) is 5.32 Å². The van der Waals surface area contributed by atoms with Crippen molar-refractivity contribution in [3.63, 3.8) is 0 Å². The fourth-order valence-corrected chi connectivity index (χ4v) is 1.23. The zero-order valence-corrected chi connectivity index (χ0v) is 9.16. The van der Waals surface area contributed by atoms with Gasteiger partial charge in [0.05, 0.1) is 11.6 Å². The van der Waals surface area contributed by atoms with Crippen molar-refractivity contribution in [3.05, 3.63) is 29.8 Å². The maximum Gasteiger partial charge on any atom is 0.119 e. The Morgan fingerprint density at radius 1 is 1.40 bits per heavy atom. The Labute approximate surface area is 90.7 Å². The summed E-state index contributed by atoms with van der Waals surface area (Å²) in [5, 5.41) is 11.8. The first kappa shape index (κ1) is 11.5. The Hall–Kier alpha value is -1.53. The summed E-state index contributed by atoms with van der Waals surface area (Å²) in [4.78, 5) is 0. The molecule has 1 rings (SSSR count). The average Bonchev–Trinajstić information content (AvgIpc) is 2.27. The van der Waals surface area contributed by atoms with Crippen LogP contribution in [0.15, 0.2) is 24.3 Å². The molecular formula is C12H16N2O. The topological polar surface area (TPSA) is 45.0 Å². The van der Waals surface area contributed by atoms with Crippen molar-refractivity contribution in [1.29, 1.82) is 5.26 Å². The third-order valence-corrected chi connectivity index (χ3v) is 2.00. The molecule has 0 saturated carbocycles. The fraction of sp³-hybridized carbons (Fsp3) is 0.417. The standard InChI is InChI=1S/C12H16N2O/c1-3-14-9-10(2)15-12-6-4-11(8-13)5-7-12/h4-7,10,14H,3,9H2,1-2H3. The molecule has 0 aromatic heterocycles. The quantitative estimate of drug-likeness (QED) is 0.797. The van der Waals surface area contributed by atoms with Gasteiger partial charge in [-0.05, 0) is 37.7 Å². The highest BCUT2D eigenvalue weighted by Crippen LogP contribution is 2.12. The van der Waals surface area contributed by atoms with Crippen LogP contribution in [0.4, 0.5) is 0 Å². The monoisotopic (exact) mass is 204 g/mol. The van der Waals surface area contributed by atoms with E-state index in [0.29, 0.717) is 5.56 Å². The van der Waals surface area contributed by atoms with Crippen LogP contribution in [0, 0.1) is 11.3 Å². The van der Waals surface area contributed by atoms with Gasteiger partial charge >= 0.3 is 0 Å². The van der Waals surface area contributed by atoms with E-state index in [-0.39, 0.29) is 6.10 Å². The summed E-state index contributed by atoms with van der Waals surface area (Å²) >= 11 is 0. The highest BCUT2D eigenvalue weighted by molar-refractivity contribution is 5.34. The molecular weight excluding hydrogens is 188 g/mol. The molecule has 0 saturated heterocycles. The van der Waals surface area contributed by atoms with Crippen molar-refractivity contribution >= 4 is 0 Å². The van der Waals surface area contributed by atoms with Crippen molar-refractivity contribution < 1.29 is 4.74 Å². The van der Waals surface area contributed by atoms with Gasteiger partial charge in [-0.2, -0.15) is 5.26 Å². The lowest BCUT2D eigenvalue weighted by molar-refractivity contribution is 0.218. The van der Waals surface area contributed by atoms with Crippen LogP contribution in [-0.2, 0) is 0 Å². The smallest absolute Gasteiger partial charge is 0.119 e. The van der Waals surface area contributed by atoms with Crippen molar-refractivity contribution in [2.24, 2.45) is 0 Å². The number of hydrogen-bond donors (Lipinski definition) is 1. The first-order chi connectivity index (χ1) is 7.26. The molecule has 3 nitrogen and oxygen atoms in total. The average molecular weight is 204 g/mol. The van der Waals surface area contributed by atoms with Gasteiger partial charge in [0.25, 0.3) is 0 Å². The van der Waals surface area contributed by atoms with Gasteiger partial charge < -0.3 is 10.1 Å². The summed E-state index contributed by atoms with van der Waals surface area (Å²) in [5.74, 6) is 0.805. The maximum atomic E-state index is 8.63. The number of rotatable bonds is 5. The van der Waals surface area contributed by atoms with Crippen LogP contribution in [0.25, 0.3) is 0 Å². The van der Waals surface area contributed by atoms with Gasteiger partial charge in [-0.1, -0.05) is 6.92 Å². The van der Waals surface area contributed by atoms with Gasteiger partial charge in [-0.3, -0.25) is 0 Å². The second-order valence-corrected chi connectivity index (χ2v) is 3.37. The third-order valence-electron chi connectivity index (χ3n) is 2.00. The molecule has 1 aromatic carbocycles. The minimum atomic E-state index is 0.137. The predicted molar refractivity (Wildman–Crippen MR) is 59.8 cm³/mol. The summed E-state index contributed by atoms with van der Waals surface area (Å²) in [6, 6.07) is 9.23. The maximum absolute atomic E-state index is 8.63. The molecule has 0 aliphatic heterocycles. The van der Waals surface area contributed by atoms with Crippen LogP contribution in [0.1, 0.15) is 19.4 Å². The lowest BCUT2D eigenvalue weighted by atomic mass is 10.2. The van der Waals surface area contributed by atoms with Gasteiger partial charge in [-0.15, -0.1) is 0 Å². The molecule has 0 fully saturated rings. The summed E-state index contributed by atoms with van der Waals surface area (Å²) in [5.41, 5.74) is 0.654. The Balaban J connectivity index is 2.47. The van der Waals surface area contributed by atoms with E-state index >= 15 is 0 Å². The zero-order chi connectivity index (χ0) is 11.1. The Morgan fingerprint density at radius 3 is 2.60 bits per heavy atom. The van der Waals surface area contributed by atoms with Gasteiger partial charge in [0.1, 0.15) is 11.9 Å². The molecule has 1 unspecified atom stereocenters. The van der Waals surface area contributed by atoms with E-state index in [0.717, 1.165) is 18.8 Å². The number of nitrogens with one attached hydrogen (secondary N) is 1. The molecule has 3 heteroatoms. The molecule has 1 N–H and O–H groups in total. The number of ether oxygens (including phenoxy) is 1. The Bertz CT molecular complexity index is 326. The number of hydrogen-bond acceptors (Lipinski definition) is 3. The molecule has 1 aromatic rings. The Kier molecular flexibility index (Phi) is 4.65. The predicted octanol–water partition coefficient (Wildman–Crippen LogP) is 1.94. The van der Waals surface area contributed by atoms with Crippen LogP contribution >= 0.6 is 0 Å². The molecule has 0 aliphatic carbocycles. The molecule has 0 bridgehead atoms. The Morgan fingerprint density at radius 2 is 2.07 bits per heavy atom. The van der Waals surface area contributed by atoms with Crippen molar-refractivity contribution in [2.45, 2.75) is 20.0 Å². The number of benzene rings is 1. The fourth-order valence-electron chi connectivity index (χ4n) is 1.23. The van der Waals surface area contributed by atoms with Crippen LogP contribution in [-0.4, -0.2) is 19.2 Å². The second-order valence-electron chi connectivity index (χ2n) is 3.37. The van der Waals surface area contributed by atoms with E-state index < -0.39 is 0 Å². The van der Waals surface area contributed by atoms with Gasteiger partial charge in [-0.25, -0.2) is 0 Å². The summed E-state index contributed by atoms with van der Waals surface area (Å²) in [6.07, 6.45) is 0.137. The zero-order valence-electron chi connectivity index (χ0n) is 9.16. The number of likely N-dealkylation sites (N-methyl/N-ethyl adjacent to an activating group) is 1. The van der Waals surface area contributed by atoms with Crippen molar-refractivity contribution in [3.8, 4) is 11.8 Å². The molecule has 15 heavy (non-hydrogen) atoms. The number of nitrogens with zero attached hydrogens (tertiary/aromatic N) is 1. The SMILES string of the molecule is CCNCC(C)Oc1ccc(C#N)cc1. The van der Waals surface area contributed by atoms with Crippen LogP contribution in [0.3, 0.4) is 0 Å². The molecule has 80 valence electrons. The lowest BCUT2D eigenvalue weighted by Gasteiger charge is -2.14. The van der Waals surface area contributed by atoms with Crippen LogP contribution in [0.2, 0.25) is 0 Å². The van der Waals surface area contributed by atoms with Crippen molar-refractivity contribution in [2.75, 3.05) is 13.1 Å². The molecule has 0 radical (unpaired) electrons. The van der Waals surface area contributed by atoms with Gasteiger partial charge in [0.2, 0.25) is 0 Å².